The largest absolute Gasteiger partial charge is 0.364 e. The number of anilines is 1. The predicted octanol–water partition coefficient (Wildman–Crippen LogP) is -0.282. The number of aromatic nitrogens is 2. The Morgan fingerprint density at radius 1 is 1.53 bits per heavy atom. The Morgan fingerprint density at radius 2 is 2.29 bits per heavy atom. The van der Waals surface area contributed by atoms with Crippen molar-refractivity contribution in [3.8, 4) is 0 Å². The number of hydrogen-bond acceptors (Lipinski definition) is 4. The van der Waals surface area contributed by atoms with E-state index in [0.29, 0.717) is 18.9 Å². The molecule has 0 bridgehead atoms. The molecule has 1 aromatic heterocycles. The molecule has 1 aliphatic rings. The topological polar surface area (TPSA) is 76.0 Å². The molecule has 0 atom stereocenters. The van der Waals surface area contributed by atoms with Gasteiger partial charge in [0, 0.05) is 38.4 Å². The summed E-state index contributed by atoms with van der Waals surface area (Å²) in [5, 5.41) is 5.72. The minimum absolute atomic E-state index is 0.112. The van der Waals surface area contributed by atoms with Gasteiger partial charge in [-0.2, -0.15) is 0 Å². The normalized spacial score (nSPS) is 14.4. The van der Waals surface area contributed by atoms with Gasteiger partial charge >= 0.3 is 0 Å². The van der Waals surface area contributed by atoms with E-state index >= 15 is 0 Å². The molecule has 6 nitrogen and oxygen atoms in total. The summed E-state index contributed by atoms with van der Waals surface area (Å²) >= 11 is 0. The number of hydrogen-bond donors (Lipinski definition) is 2. The Labute approximate surface area is 99.1 Å². The van der Waals surface area contributed by atoms with Crippen LogP contribution < -0.4 is 16.2 Å². The molecular formula is C11H16N4O2. The number of carbonyl (C=O) groups excluding carboxylic acids is 1. The first-order valence-corrected chi connectivity index (χ1v) is 5.71. The molecule has 1 fully saturated rings. The van der Waals surface area contributed by atoms with Crippen molar-refractivity contribution in [3.05, 3.63) is 22.7 Å². The van der Waals surface area contributed by atoms with Gasteiger partial charge in [0.15, 0.2) is 5.82 Å². The first-order chi connectivity index (χ1) is 8.18. The molecular weight excluding hydrogens is 220 g/mol. The fourth-order valence-electron chi connectivity index (χ4n) is 1.48. The minimum Gasteiger partial charge on any atom is -0.364 e. The summed E-state index contributed by atoms with van der Waals surface area (Å²) in [7, 11) is 1.67. The van der Waals surface area contributed by atoms with E-state index in [1.807, 2.05) is 0 Å². The number of nitrogens with one attached hydrogen (secondary N) is 2. The van der Waals surface area contributed by atoms with Gasteiger partial charge in [-0.15, -0.1) is 0 Å². The molecule has 1 heterocycles. The highest BCUT2D eigenvalue weighted by atomic mass is 16.2. The molecule has 0 radical (unpaired) electrons. The SMILES string of the molecule is Cn1ccnc(NCCNC(=O)C2CC2)c1=O. The van der Waals surface area contributed by atoms with Crippen LogP contribution in [0.2, 0.25) is 0 Å². The standard InChI is InChI=1S/C11H16N4O2/c1-15-7-6-13-9(11(15)17)12-4-5-14-10(16)8-2-3-8/h6-8H,2-5H2,1H3,(H,12,13)(H,14,16). The van der Waals surface area contributed by atoms with Crippen molar-refractivity contribution in [2.45, 2.75) is 12.8 Å². The second kappa shape index (κ2) is 4.99. The van der Waals surface area contributed by atoms with Gasteiger partial charge in [-0.1, -0.05) is 0 Å². The van der Waals surface area contributed by atoms with Gasteiger partial charge in [-0.3, -0.25) is 9.59 Å². The van der Waals surface area contributed by atoms with Crippen molar-refractivity contribution in [2.75, 3.05) is 18.4 Å². The van der Waals surface area contributed by atoms with E-state index in [1.54, 1.807) is 19.4 Å². The van der Waals surface area contributed by atoms with Crippen molar-refractivity contribution < 1.29 is 4.79 Å². The van der Waals surface area contributed by atoms with E-state index in [-0.39, 0.29) is 17.4 Å². The summed E-state index contributed by atoms with van der Waals surface area (Å²) in [6.45, 7) is 1.01. The highest BCUT2D eigenvalue weighted by Gasteiger charge is 2.28. The lowest BCUT2D eigenvalue weighted by Gasteiger charge is -2.07. The van der Waals surface area contributed by atoms with Crippen LogP contribution in [0, 0.1) is 5.92 Å². The first kappa shape index (κ1) is 11.6. The Kier molecular flexibility index (Phi) is 3.41. The van der Waals surface area contributed by atoms with Crippen LogP contribution in [0.4, 0.5) is 5.82 Å². The minimum atomic E-state index is -0.166. The lowest BCUT2D eigenvalue weighted by molar-refractivity contribution is -0.122. The second-order valence-corrected chi connectivity index (χ2v) is 4.18. The highest BCUT2D eigenvalue weighted by Crippen LogP contribution is 2.28. The van der Waals surface area contributed by atoms with Crippen molar-refractivity contribution in [1.29, 1.82) is 0 Å². The van der Waals surface area contributed by atoms with Crippen LogP contribution in [0.1, 0.15) is 12.8 Å². The quantitative estimate of drug-likeness (QED) is 0.689. The van der Waals surface area contributed by atoms with Gasteiger partial charge in [0.25, 0.3) is 5.56 Å². The molecule has 6 heteroatoms. The first-order valence-electron chi connectivity index (χ1n) is 5.71. The fourth-order valence-corrected chi connectivity index (χ4v) is 1.48. The Hall–Kier alpha value is -1.85. The summed E-state index contributed by atoms with van der Waals surface area (Å²) in [6.07, 6.45) is 5.16. The monoisotopic (exact) mass is 236 g/mol. The third-order valence-electron chi connectivity index (χ3n) is 2.68. The van der Waals surface area contributed by atoms with E-state index in [0.717, 1.165) is 12.8 Å². The number of carbonyl (C=O) groups is 1. The number of amides is 1. The van der Waals surface area contributed by atoms with Crippen LogP contribution in [0.25, 0.3) is 0 Å². The maximum absolute atomic E-state index is 11.6. The Bertz CT molecular complexity index is 465. The fraction of sp³-hybridized carbons (Fsp3) is 0.545. The molecule has 17 heavy (non-hydrogen) atoms. The van der Waals surface area contributed by atoms with Gasteiger partial charge in [0.05, 0.1) is 0 Å². The highest BCUT2D eigenvalue weighted by molar-refractivity contribution is 5.80. The molecule has 2 rings (SSSR count). The van der Waals surface area contributed by atoms with Crippen LogP contribution in [0.15, 0.2) is 17.2 Å². The van der Waals surface area contributed by atoms with E-state index in [2.05, 4.69) is 15.6 Å². The summed E-state index contributed by atoms with van der Waals surface area (Å²) in [6, 6.07) is 0. The lowest BCUT2D eigenvalue weighted by atomic mass is 10.4. The third-order valence-corrected chi connectivity index (χ3v) is 2.68. The van der Waals surface area contributed by atoms with Crippen LogP contribution in [-0.4, -0.2) is 28.5 Å². The average molecular weight is 236 g/mol. The van der Waals surface area contributed by atoms with Crippen molar-refractivity contribution in [2.24, 2.45) is 13.0 Å². The molecule has 0 saturated heterocycles. The lowest BCUT2D eigenvalue weighted by Crippen LogP contribution is -2.31. The van der Waals surface area contributed by atoms with Crippen molar-refractivity contribution in [3.63, 3.8) is 0 Å². The van der Waals surface area contributed by atoms with Gasteiger partial charge in [0.2, 0.25) is 5.91 Å². The number of rotatable bonds is 5. The Balaban J connectivity index is 1.76. The van der Waals surface area contributed by atoms with Gasteiger partial charge in [-0.05, 0) is 12.8 Å². The number of aryl methyl sites for hydroxylation is 1. The van der Waals surface area contributed by atoms with E-state index in [9.17, 15) is 9.59 Å². The van der Waals surface area contributed by atoms with Crippen LogP contribution in [0.5, 0.6) is 0 Å². The third kappa shape index (κ3) is 3.05. The second-order valence-electron chi connectivity index (χ2n) is 4.18. The molecule has 0 aromatic carbocycles. The summed E-state index contributed by atoms with van der Waals surface area (Å²) < 4.78 is 1.46. The zero-order valence-electron chi connectivity index (χ0n) is 9.77. The molecule has 0 aliphatic heterocycles. The van der Waals surface area contributed by atoms with Crippen LogP contribution in [-0.2, 0) is 11.8 Å². The zero-order valence-corrected chi connectivity index (χ0v) is 9.77. The van der Waals surface area contributed by atoms with Crippen LogP contribution >= 0.6 is 0 Å². The van der Waals surface area contributed by atoms with Crippen molar-refractivity contribution in [1.82, 2.24) is 14.9 Å². The maximum atomic E-state index is 11.6. The zero-order chi connectivity index (χ0) is 12.3. The molecule has 92 valence electrons. The summed E-state index contributed by atoms with van der Waals surface area (Å²) in [5.41, 5.74) is -0.166. The predicted molar refractivity (Wildman–Crippen MR) is 63.7 cm³/mol. The van der Waals surface area contributed by atoms with Gasteiger partial charge < -0.3 is 15.2 Å². The van der Waals surface area contributed by atoms with E-state index < -0.39 is 0 Å². The van der Waals surface area contributed by atoms with Gasteiger partial charge in [0.1, 0.15) is 0 Å². The molecule has 1 aromatic rings. The van der Waals surface area contributed by atoms with Crippen molar-refractivity contribution >= 4 is 11.7 Å². The summed E-state index contributed by atoms with van der Waals surface area (Å²) in [4.78, 5) is 26.8. The van der Waals surface area contributed by atoms with E-state index in [4.69, 9.17) is 0 Å². The van der Waals surface area contributed by atoms with Gasteiger partial charge in [-0.25, -0.2) is 4.98 Å². The van der Waals surface area contributed by atoms with Crippen LogP contribution in [0.3, 0.4) is 0 Å². The molecule has 1 amide bonds. The number of nitrogens with zero attached hydrogens (tertiary/aromatic N) is 2. The van der Waals surface area contributed by atoms with E-state index in [1.165, 1.54) is 4.57 Å². The average Bonchev–Trinajstić information content (AvgIpc) is 3.13. The molecule has 2 N–H and O–H groups in total. The smallest absolute Gasteiger partial charge is 0.293 e. The molecule has 1 aliphatic carbocycles. The maximum Gasteiger partial charge on any atom is 0.293 e. The summed E-state index contributed by atoms with van der Waals surface area (Å²) in [5.74, 6) is 0.647. The molecule has 0 spiro atoms. The molecule has 0 unspecified atom stereocenters. The Morgan fingerprint density at radius 3 is 3.00 bits per heavy atom. The molecule has 1 saturated carbocycles.